The zero-order valence-corrected chi connectivity index (χ0v) is 16.8. The summed E-state index contributed by atoms with van der Waals surface area (Å²) in [6.07, 6.45) is 1.64. The van der Waals surface area contributed by atoms with Crippen LogP contribution >= 0.6 is 0 Å². The van der Waals surface area contributed by atoms with Gasteiger partial charge in [0.15, 0.2) is 5.78 Å². The summed E-state index contributed by atoms with van der Waals surface area (Å²) in [7, 11) is 1.28. The molecule has 0 fully saturated rings. The van der Waals surface area contributed by atoms with Gasteiger partial charge in [0.2, 0.25) is 0 Å². The first-order valence-corrected chi connectivity index (χ1v) is 9.00. The van der Waals surface area contributed by atoms with Gasteiger partial charge in [-0.25, -0.2) is 9.59 Å². The molecule has 2 N–H and O–H groups in total. The number of rotatable bonds is 7. The third kappa shape index (κ3) is 4.97. The van der Waals surface area contributed by atoms with E-state index in [0.29, 0.717) is 22.5 Å². The van der Waals surface area contributed by atoms with Crippen LogP contribution < -0.4 is 5.32 Å². The Morgan fingerprint density at radius 1 is 1.25 bits per heavy atom. The van der Waals surface area contributed by atoms with Crippen molar-refractivity contribution >= 4 is 17.8 Å². The summed E-state index contributed by atoms with van der Waals surface area (Å²) in [6.45, 7) is 7.14. The molecule has 2 heterocycles. The topological polar surface area (TPSA) is 104 Å². The highest BCUT2D eigenvalue weighted by atomic mass is 16.5. The number of amides is 2. The highest BCUT2D eigenvalue weighted by Gasteiger charge is 2.26. The number of aryl methyl sites for hydroxylation is 1. The lowest BCUT2D eigenvalue weighted by molar-refractivity contribution is 0.0593. The molecule has 0 aliphatic carbocycles. The quantitative estimate of drug-likeness (QED) is 0.562. The summed E-state index contributed by atoms with van der Waals surface area (Å²) < 4.78 is 4.74. The second-order valence-corrected chi connectivity index (χ2v) is 6.82. The number of carbonyl (C=O) groups excluding carboxylic acids is 3. The summed E-state index contributed by atoms with van der Waals surface area (Å²) in [4.78, 5) is 46.0. The van der Waals surface area contributed by atoms with E-state index < -0.39 is 5.97 Å². The number of aromatic nitrogens is 2. The number of hydrogen-bond acceptors (Lipinski definition) is 5. The van der Waals surface area contributed by atoms with Crippen LogP contribution in [0.2, 0.25) is 0 Å². The summed E-state index contributed by atoms with van der Waals surface area (Å²) in [5, 5.41) is 2.81. The number of hydrogen-bond donors (Lipinski definition) is 2. The van der Waals surface area contributed by atoms with Gasteiger partial charge in [-0.3, -0.25) is 9.78 Å². The van der Waals surface area contributed by atoms with Gasteiger partial charge in [-0.2, -0.15) is 0 Å². The molecule has 0 aliphatic heterocycles. The smallest absolute Gasteiger partial charge is 0.354 e. The Bertz CT molecular complexity index is 859. The molecular formula is C20H26N4O4. The van der Waals surface area contributed by atoms with Crippen molar-refractivity contribution in [3.05, 3.63) is 52.6 Å². The largest absolute Gasteiger partial charge is 0.464 e. The Labute approximate surface area is 164 Å². The third-order valence-corrected chi connectivity index (χ3v) is 4.22. The van der Waals surface area contributed by atoms with Gasteiger partial charge in [0.05, 0.1) is 25.9 Å². The number of ether oxygens (including phenoxy) is 1. The minimum absolute atomic E-state index is 0.0736. The zero-order valence-electron chi connectivity index (χ0n) is 16.8. The Kier molecular flexibility index (Phi) is 6.92. The molecule has 0 spiro atoms. The average Bonchev–Trinajstić information content (AvgIpc) is 2.95. The van der Waals surface area contributed by atoms with Gasteiger partial charge in [0.1, 0.15) is 5.69 Å². The van der Waals surface area contributed by atoms with Crippen molar-refractivity contribution in [1.29, 1.82) is 0 Å². The molecule has 150 valence electrons. The number of ketones is 1. The first-order valence-electron chi connectivity index (χ1n) is 9.00. The molecule has 0 saturated heterocycles. The van der Waals surface area contributed by atoms with Crippen molar-refractivity contribution in [3.8, 4) is 0 Å². The molecule has 8 nitrogen and oxygen atoms in total. The number of pyridine rings is 1. The minimum Gasteiger partial charge on any atom is -0.464 e. The Morgan fingerprint density at radius 2 is 1.96 bits per heavy atom. The molecule has 0 aromatic carbocycles. The fourth-order valence-corrected chi connectivity index (χ4v) is 2.95. The van der Waals surface area contributed by atoms with Crippen LogP contribution in [-0.4, -0.2) is 52.3 Å². The molecule has 0 aliphatic rings. The molecule has 0 saturated carbocycles. The van der Waals surface area contributed by atoms with Crippen molar-refractivity contribution in [2.75, 3.05) is 13.7 Å². The molecule has 28 heavy (non-hydrogen) atoms. The lowest BCUT2D eigenvalue weighted by atomic mass is 10.1. The number of esters is 1. The number of carbonyl (C=O) groups is 3. The van der Waals surface area contributed by atoms with E-state index >= 15 is 0 Å². The monoisotopic (exact) mass is 386 g/mol. The highest BCUT2D eigenvalue weighted by molar-refractivity contribution is 6.04. The first-order chi connectivity index (χ1) is 13.2. The van der Waals surface area contributed by atoms with Crippen LogP contribution in [0.15, 0.2) is 24.4 Å². The molecule has 2 aromatic heterocycles. The van der Waals surface area contributed by atoms with Gasteiger partial charge in [0.25, 0.3) is 0 Å². The molecule has 0 radical (unpaired) electrons. The van der Waals surface area contributed by atoms with Gasteiger partial charge < -0.3 is 19.9 Å². The van der Waals surface area contributed by atoms with Gasteiger partial charge in [0, 0.05) is 23.5 Å². The number of methoxy groups -OCH3 is 1. The molecule has 2 aromatic rings. The van der Waals surface area contributed by atoms with Crippen LogP contribution in [0, 0.1) is 13.8 Å². The van der Waals surface area contributed by atoms with E-state index in [9.17, 15) is 14.4 Å². The van der Waals surface area contributed by atoms with E-state index in [1.807, 2.05) is 19.9 Å². The van der Waals surface area contributed by atoms with Crippen molar-refractivity contribution in [1.82, 2.24) is 20.2 Å². The molecule has 2 amide bonds. The van der Waals surface area contributed by atoms with E-state index in [2.05, 4.69) is 15.3 Å². The molecule has 0 atom stereocenters. The first kappa shape index (κ1) is 21.1. The van der Waals surface area contributed by atoms with Crippen molar-refractivity contribution in [2.45, 2.75) is 40.3 Å². The predicted molar refractivity (Wildman–Crippen MR) is 104 cm³/mol. The van der Waals surface area contributed by atoms with E-state index in [1.54, 1.807) is 32.2 Å². The Morgan fingerprint density at radius 3 is 2.54 bits per heavy atom. The Hall–Kier alpha value is -3.16. The molecular weight excluding hydrogens is 360 g/mol. The SMILES string of the molecule is COC(=O)c1[nH]c(C)c(C(=O)CN(Cc2ccccn2)C(=O)NC(C)C)c1C. The van der Waals surface area contributed by atoms with Crippen molar-refractivity contribution < 1.29 is 19.1 Å². The number of urea groups is 1. The molecule has 0 unspecified atom stereocenters. The molecule has 2 rings (SSSR count). The summed E-state index contributed by atoms with van der Waals surface area (Å²) in [6, 6.07) is 4.98. The Balaban J connectivity index is 2.28. The second-order valence-electron chi connectivity index (χ2n) is 6.82. The predicted octanol–water partition coefficient (Wildman–Crippen LogP) is 2.62. The zero-order chi connectivity index (χ0) is 20.8. The fraction of sp³-hybridized carbons (Fsp3) is 0.400. The number of Topliss-reactive ketones (excluding diaryl/α,β-unsaturated/α-hetero) is 1. The lowest BCUT2D eigenvalue weighted by Gasteiger charge is -2.23. The van der Waals surface area contributed by atoms with Crippen molar-refractivity contribution in [3.63, 3.8) is 0 Å². The van der Waals surface area contributed by atoms with E-state index in [0.717, 1.165) is 0 Å². The lowest BCUT2D eigenvalue weighted by Crippen LogP contribution is -2.45. The van der Waals surface area contributed by atoms with E-state index in [4.69, 9.17) is 4.74 Å². The number of H-pyrrole nitrogens is 1. The molecule has 0 bridgehead atoms. The van der Waals surface area contributed by atoms with Crippen LogP contribution in [0.4, 0.5) is 4.79 Å². The van der Waals surface area contributed by atoms with Gasteiger partial charge in [-0.05, 0) is 45.4 Å². The standard InChI is InChI=1S/C20H26N4O4/c1-12(2)22-20(27)24(10-15-8-6-7-9-21-15)11-16(25)17-13(3)18(19(26)28-5)23-14(17)4/h6-9,12,23H,10-11H2,1-5H3,(H,22,27). The maximum Gasteiger partial charge on any atom is 0.354 e. The fourth-order valence-electron chi connectivity index (χ4n) is 2.95. The summed E-state index contributed by atoms with van der Waals surface area (Å²) >= 11 is 0. The summed E-state index contributed by atoms with van der Waals surface area (Å²) in [5.74, 6) is -0.807. The van der Waals surface area contributed by atoms with E-state index in [1.165, 1.54) is 12.0 Å². The second kappa shape index (κ2) is 9.16. The third-order valence-electron chi connectivity index (χ3n) is 4.22. The van der Waals surface area contributed by atoms with Crippen LogP contribution in [0.5, 0.6) is 0 Å². The number of aromatic amines is 1. The van der Waals surface area contributed by atoms with Gasteiger partial charge in [-0.15, -0.1) is 0 Å². The highest BCUT2D eigenvalue weighted by Crippen LogP contribution is 2.20. The van der Waals surface area contributed by atoms with Crippen LogP contribution in [0.25, 0.3) is 0 Å². The number of nitrogens with zero attached hydrogens (tertiary/aromatic N) is 2. The number of nitrogens with one attached hydrogen (secondary N) is 2. The van der Waals surface area contributed by atoms with Crippen LogP contribution in [0.3, 0.4) is 0 Å². The molecule has 8 heteroatoms. The average molecular weight is 386 g/mol. The normalized spacial score (nSPS) is 10.6. The van der Waals surface area contributed by atoms with Crippen LogP contribution in [0.1, 0.15) is 51.6 Å². The summed E-state index contributed by atoms with van der Waals surface area (Å²) in [5.41, 5.74) is 2.38. The maximum absolute atomic E-state index is 13.0. The van der Waals surface area contributed by atoms with Gasteiger partial charge in [-0.1, -0.05) is 6.07 Å². The maximum atomic E-state index is 13.0. The van der Waals surface area contributed by atoms with Crippen molar-refractivity contribution in [2.24, 2.45) is 0 Å². The van der Waals surface area contributed by atoms with E-state index in [-0.39, 0.29) is 36.6 Å². The minimum atomic E-state index is -0.539. The van der Waals surface area contributed by atoms with Crippen LogP contribution in [-0.2, 0) is 11.3 Å². The van der Waals surface area contributed by atoms with Gasteiger partial charge >= 0.3 is 12.0 Å².